The van der Waals surface area contributed by atoms with Crippen molar-refractivity contribution in [3.63, 3.8) is 0 Å². The van der Waals surface area contributed by atoms with Gasteiger partial charge >= 0.3 is 0 Å². The van der Waals surface area contributed by atoms with Crippen molar-refractivity contribution in [3.8, 4) is 0 Å². The van der Waals surface area contributed by atoms with Crippen molar-refractivity contribution in [2.45, 2.75) is 39.2 Å². The fourth-order valence-electron chi connectivity index (χ4n) is 0.894. The Morgan fingerprint density at radius 1 is 1.40 bits per heavy atom. The molecule has 0 radical (unpaired) electrons. The highest BCUT2D eigenvalue weighted by Gasteiger charge is 1.98. The minimum atomic E-state index is 0.448. The molecule has 1 nitrogen and oxygen atoms in total. The predicted molar refractivity (Wildman–Crippen MR) is 48.7 cm³/mol. The zero-order valence-electron chi connectivity index (χ0n) is 6.90. The maximum atomic E-state index is 5.37. The molecular weight excluding hydrogens is 192 g/mol. The van der Waals surface area contributed by atoms with Crippen LogP contribution < -0.4 is 0 Å². The number of hydrogen-bond donors (Lipinski definition) is 0. The van der Waals surface area contributed by atoms with Crippen molar-refractivity contribution in [1.82, 2.24) is 0 Å². The average Bonchev–Trinajstić information content (AvgIpc) is 1.89. The molecule has 0 N–H and O–H groups in total. The molecule has 0 aromatic heterocycles. The summed E-state index contributed by atoms with van der Waals surface area (Å²) in [5, 5.41) is 1.12. The van der Waals surface area contributed by atoms with Crippen molar-refractivity contribution in [2.75, 3.05) is 11.9 Å². The van der Waals surface area contributed by atoms with Gasteiger partial charge in [-0.05, 0) is 26.7 Å². The molecule has 0 aromatic rings. The largest absolute Gasteiger partial charge is 0.379 e. The van der Waals surface area contributed by atoms with Crippen LogP contribution in [0.1, 0.15) is 33.1 Å². The summed E-state index contributed by atoms with van der Waals surface area (Å²) in [5.41, 5.74) is 0. The lowest BCUT2D eigenvalue weighted by molar-refractivity contribution is 0.0688. The SMILES string of the molecule is CCOC(C)CCCCBr. The molecule has 10 heavy (non-hydrogen) atoms. The molecular formula is C8H17BrO. The van der Waals surface area contributed by atoms with Crippen molar-refractivity contribution in [3.05, 3.63) is 0 Å². The Bertz CT molecular complexity index is 66.3. The summed E-state index contributed by atoms with van der Waals surface area (Å²) in [7, 11) is 0. The lowest BCUT2D eigenvalue weighted by atomic mass is 10.2. The molecule has 0 aliphatic heterocycles. The van der Waals surface area contributed by atoms with Crippen molar-refractivity contribution >= 4 is 15.9 Å². The van der Waals surface area contributed by atoms with E-state index in [0.29, 0.717) is 6.10 Å². The number of rotatable bonds is 6. The van der Waals surface area contributed by atoms with E-state index in [9.17, 15) is 0 Å². The average molecular weight is 209 g/mol. The van der Waals surface area contributed by atoms with Gasteiger partial charge < -0.3 is 4.74 Å². The second-order valence-electron chi connectivity index (χ2n) is 2.45. The van der Waals surface area contributed by atoms with Crippen molar-refractivity contribution < 1.29 is 4.74 Å². The predicted octanol–water partition coefficient (Wildman–Crippen LogP) is 2.98. The lowest BCUT2D eigenvalue weighted by Crippen LogP contribution is -2.07. The molecule has 2 heteroatoms. The van der Waals surface area contributed by atoms with E-state index in [1.807, 2.05) is 6.92 Å². The fourth-order valence-corrected chi connectivity index (χ4v) is 1.29. The Hall–Kier alpha value is 0.440. The standard InChI is InChI=1S/C8H17BrO/c1-3-10-8(2)6-4-5-7-9/h8H,3-7H2,1-2H3. The molecule has 0 aliphatic carbocycles. The van der Waals surface area contributed by atoms with Gasteiger partial charge in [0.15, 0.2) is 0 Å². The molecule has 0 spiro atoms. The van der Waals surface area contributed by atoms with Gasteiger partial charge in [0.05, 0.1) is 6.10 Å². The zero-order chi connectivity index (χ0) is 7.82. The molecule has 0 heterocycles. The molecule has 0 bridgehead atoms. The van der Waals surface area contributed by atoms with Crippen molar-refractivity contribution in [1.29, 1.82) is 0 Å². The van der Waals surface area contributed by atoms with Gasteiger partial charge in [0.1, 0.15) is 0 Å². The Kier molecular flexibility index (Phi) is 7.88. The molecule has 0 aliphatic rings. The molecule has 1 atom stereocenters. The van der Waals surface area contributed by atoms with Crippen LogP contribution in [-0.2, 0) is 4.74 Å². The Morgan fingerprint density at radius 2 is 2.10 bits per heavy atom. The Balaban J connectivity index is 2.97. The van der Waals surface area contributed by atoms with E-state index in [0.717, 1.165) is 11.9 Å². The summed E-state index contributed by atoms with van der Waals surface area (Å²) >= 11 is 3.40. The maximum absolute atomic E-state index is 5.37. The number of alkyl halides is 1. The van der Waals surface area contributed by atoms with E-state index in [4.69, 9.17) is 4.74 Å². The van der Waals surface area contributed by atoms with E-state index in [1.54, 1.807) is 0 Å². The topological polar surface area (TPSA) is 9.23 Å². The second kappa shape index (κ2) is 7.55. The first-order valence-corrected chi connectivity index (χ1v) is 5.11. The van der Waals surface area contributed by atoms with Crippen LogP contribution in [0.5, 0.6) is 0 Å². The second-order valence-corrected chi connectivity index (χ2v) is 3.24. The van der Waals surface area contributed by atoms with Gasteiger partial charge in [-0.3, -0.25) is 0 Å². The summed E-state index contributed by atoms with van der Waals surface area (Å²) in [6.07, 6.45) is 4.17. The minimum Gasteiger partial charge on any atom is -0.379 e. The van der Waals surface area contributed by atoms with Crippen LogP contribution in [0.3, 0.4) is 0 Å². The molecule has 62 valence electrons. The smallest absolute Gasteiger partial charge is 0.0546 e. The third-order valence-electron chi connectivity index (χ3n) is 1.45. The zero-order valence-corrected chi connectivity index (χ0v) is 8.49. The van der Waals surface area contributed by atoms with Gasteiger partial charge in [-0.1, -0.05) is 22.4 Å². The molecule has 0 amide bonds. The van der Waals surface area contributed by atoms with Crippen LogP contribution in [0, 0.1) is 0 Å². The third kappa shape index (κ3) is 6.56. The summed E-state index contributed by atoms with van der Waals surface area (Å²) < 4.78 is 5.37. The highest BCUT2D eigenvalue weighted by molar-refractivity contribution is 9.09. The number of hydrogen-bond acceptors (Lipinski definition) is 1. The van der Waals surface area contributed by atoms with Crippen LogP contribution in [0.2, 0.25) is 0 Å². The molecule has 0 saturated carbocycles. The maximum Gasteiger partial charge on any atom is 0.0546 e. The van der Waals surface area contributed by atoms with E-state index >= 15 is 0 Å². The summed E-state index contributed by atoms with van der Waals surface area (Å²) in [5.74, 6) is 0. The molecule has 0 fully saturated rings. The monoisotopic (exact) mass is 208 g/mol. The van der Waals surface area contributed by atoms with Gasteiger partial charge in [-0.15, -0.1) is 0 Å². The Labute approximate surface area is 72.3 Å². The van der Waals surface area contributed by atoms with E-state index in [1.165, 1.54) is 19.3 Å². The van der Waals surface area contributed by atoms with Gasteiger partial charge in [0.2, 0.25) is 0 Å². The minimum absolute atomic E-state index is 0.448. The first-order chi connectivity index (χ1) is 4.81. The first-order valence-electron chi connectivity index (χ1n) is 3.98. The van der Waals surface area contributed by atoms with Crippen LogP contribution in [0.25, 0.3) is 0 Å². The van der Waals surface area contributed by atoms with Gasteiger partial charge in [-0.25, -0.2) is 0 Å². The molecule has 1 unspecified atom stereocenters. The molecule has 0 rings (SSSR count). The summed E-state index contributed by atoms with van der Waals surface area (Å²) in [6.45, 7) is 5.02. The van der Waals surface area contributed by atoms with E-state index in [-0.39, 0.29) is 0 Å². The van der Waals surface area contributed by atoms with Crippen molar-refractivity contribution in [2.24, 2.45) is 0 Å². The normalized spacial score (nSPS) is 13.5. The van der Waals surface area contributed by atoms with Crippen LogP contribution in [-0.4, -0.2) is 18.0 Å². The van der Waals surface area contributed by atoms with Gasteiger partial charge in [0.25, 0.3) is 0 Å². The van der Waals surface area contributed by atoms with Gasteiger partial charge in [0, 0.05) is 11.9 Å². The number of halogens is 1. The number of ether oxygens (including phenoxy) is 1. The highest BCUT2D eigenvalue weighted by Crippen LogP contribution is 2.04. The summed E-state index contributed by atoms with van der Waals surface area (Å²) in [6, 6.07) is 0. The highest BCUT2D eigenvalue weighted by atomic mass is 79.9. The van der Waals surface area contributed by atoms with Gasteiger partial charge in [-0.2, -0.15) is 0 Å². The van der Waals surface area contributed by atoms with E-state index in [2.05, 4.69) is 22.9 Å². The summed E-state index contributed by atoms with van der Waals surface area (Å²) in [4.78, 5) is 0. The molecule has 0 saturated heterocycles. The quantitative estimate of drug-likeness (QED) is 0.482. The third-order valence-corrected chi connectivity index (χ3v) is 2.01. The van der Waals surface area contributed by atoms with Crippen LogP contribution >= 0.6 is 15.9 Å². The van der Waals surface area contributed by atoms with E-state index < -0.39 is 0 Å². The lowest BCUT2D eigenvalue weighted by Gasteiger charge is -2.09. The Morgan fingerprint density at radius 3 is 2.60 bits per heavy atom. The first kappa shape index (κ1) is 10.4. The fraction of sp³-hybridized carbons (Fsp3) is 1.00. The number of unbranched alkanes of at least 4 members (excludes halogenated alkanes) is 1. The van der Waals surface area contributed by atoms with Crippen LogP contribution in [0.15, 0.2) is 0 Å². The molecule has 0 aromatic carbocycles. The van der Waals surface area contributed by atoms with Crippen LogP contribution in [0.4, 0.5) is 0 Å².